The Labute approximate surface area is 122 Å². The Hall–Kier alpha value is -1.93. The number of nitrogens with one attached hydrogen (secondary N) is 1. The van der Waals surface area contributed by atoms with E-state index in [2.05, 4.69) is 21.0 Å². The number of hydrogen-bond donors (Lipinski definition) is 1. The standard InChI is InChI=1S/C11H7ClN4O.C2H6.CH4/c12-8-6-3-7(11(4-13)1-2-11)10(17)16-9(6)15-5-14-8;1-2;/h3,5H,1-2H2,(H,14,15,16,17);1-2H3;1H4. The molecule has 1 fully saturated rings. The van der Waals surface area contributed by atoms with Gasteiger partial charge >= 0.3 is 0 Å². The van der Waals surface area contributed by atoms with E-state index >= 15 is 0 Å². The van der Waals surface area contributed by atoms with Gasteiger partial charge in [0, 0.05) is 5.56 Å². The van der Waals surface area contributed by atoms with Crippen LogP contribution in [0.25, 0.3) is 11.0 Å². The highest BCUT2D eigenvalue weighted by molar-refractivity contribution is 6.33. The van der Waals surface area contributed by atoms with Gasteiger partial charge in [-0.25, -0.2) is 9.97 Å². The third kappa shape index (κ3) is 2.52. The van der Waals surface area contributed by atoms with Gasteiger partial charge in [-0.1, -0.05) is 32.9 Å². The number of hydrogen-bond acceptors (Lipinski definition) is 4. The maximum atomic E-state index is 11.9. The van der Waals surface area contributed by atoms with E-state index in [1.54, 1.807) is 6.07 Å². The molecule has 106 valence electrons. The number of fused-ring (bicyclic) bond motifs is 1. The predicted molar refractivity (Wildman–Crippen MR) is 79.8 cm³/mol. The number of aromatic nitrogens is 3. The SMILES string of the molecule is C.CC.N#CC1(c2cc3c(Cl)ncnc3[nH]c2=O)CC1. The van der Waals surface area contributed by atoms with E-state index in [1.807, 2.05) is 13.8 Å². The van der Waals surface area contributed by atoms with Crippen LogP contribution in [-0.4, -0.2) is 15.0 Å². The lowest BCUT2D eigenvalue weighted by atomic mass is 9.99. The van der Waals surface area contributed by atoms with Crippen LogP contribution in [0.15, 0.2) is 17.2 Å². The Morgan fingerprint density at radius 3 is 2.60 bits per heavy atom. The Morgan fingerprint density at radius 2 is 2.05 bits per heavy atom. The highest BCUT2D eigenvalue weighted by Crippen LogP contribution is 2.46. The molecule has 0 aliphatic heterocycles. The number of aromatic amines is 1. The smallest absolute Gasteiger partial charge is 0.254 e. The molecule has 2 aromatic heterocycles. The fourth-order valence-electron chi connectivity index (χ4n) is 1.91. The summed E-state index contributed by atoms with van der Waals surface area (Å²) < 4.78 is 0. The van der Waals surface area contributed by atoms with Crippen molar-refractivity contribution in [3.8, 4) is 6.07 Å². The highest BCUT2D eigenvalue weighted by Gasteiger charge is 2.47. The third-order valence-corrected chi connectivity index (χ3v) is 3.38. The lowest BCUT2D eigenvalue weighted by Crippen LogP contribution is -2.20. The molecule has 1 aliphatic rings. The van der Waals surface area contributed by atoms with Gasteiger partial charge in [0.05, 0.1) is 16.9 Å². The summed E-state index contributed by atoms with van der Waals surface area (Å²) >= 11 is 5.94. The molecule has 0 spiro atoms. The molecule has 0 bridgehead atoms. The largest absolute Gasteiger partial charge is 0.306 e. The minimum atomic E-state index is -0.638. The molecule has 0 unspecified atom stereocenters. The van der Waals surface area contributed by atoms with Crippen LogP contribution < -0.4 is 5.56 Å². The molecule has 0 saturated heterocycles. The van der Waals surface area contributed by atoms with Crippen molar-refractivity contribution in [3.05, 3.63) is 33.5 Å². The summed E-state index contributed by atoms with van der Waals surface area (Å²) in [6.45, 7) is 4.00. The van der Waals surface area contributed by atoms with Crippen molar-refractivity contribution < 1.29 is 0 Å². The minimum absolute atomic E-state index is 0. The zero-order chi connectivity index (χ0) is 14.0. The maximum Gasteiger partial charge on any atom is 0.254 e. The second kappa shape index (κ2) is 6.02. The minimum Gasteiger partial charge on any atom is -0.306 e. The van der Waals surface area contributed by atoms with Crippen LogP contribution in [0.1, 0.15) is 39.7 Å². The normalized spacial score (nSPS) is 14.5. The summed E-state index contributed by atoms with van der Waals surface area (Å²) in [6, 6.07) is 3.82. The van der Waals surface area contributed by atoms with Gasteiger partial charge in [-0.3, -0.25) is 4.79 Å². The number of halogens is 1. The number of pyridine rings is 1. The molecule has 6 heteroatoms. The van der Waals surface area contributed by atoms with E-state index < -0.39 is 5.41 Å². The average Bonchev–Trinajstić information content (AvgIpc) is 3.22. The summed E-state index contributed by atoms with van der Waals surface area (Å²) in [5.74, 6) is 0. The zero-order valence-electron chi connectivity index (χ0n) is 10.7. The number of nitriles is 1. The fourth-order valence-corrected chi connectivity index (χ4v) is 2.10. The van der Waals surface area contributed by atoms with Crippen molar-refractivity contribution in [2.24, 2.45) is 0 Å². The molecule has 1 N–H and O–H groups in total. The molecular weight excluding hydrogens is 276 g/mol. The predicted octanol–water partition coefficient (Wildman–Crippen LogP) is 3.19. The molecule has 2 heterocycles. The van der Waals surface area contributed by atoms with Gasteiger partial charge in [0.25, 0.3) is 5.56 Å². The first kappa shape index (κ1) is 16.1. The third-order valence-electron chi connectivity index (χ3n) is 3.08. The zero-order valence-corrected chi connectivity index (χ0v) is 11.5. The van der Waals surface area contributed by atoms with E-state index in [0.29, 0.717) is 29.4 Å². The molecule has 0 aromatic carbocycles. The van der Waals surface area contributed by atoms with Gasteiger partial charge < -0.3 is 4.98 Å². The number of nitrogens with zero attached hydrogens (tertiary/aromatic N) is 3. The van der Waals surface area contributed by atoms with Gasteiger partial charge in [0.15, 0.2) is 0 Å². The summed E-state index contributed by atoms with van der Waals surface area (Å²) in [5.41, 5.74) is -0.0518. The molecule has 0 atom stereocenters. The lowest BCUT2D eigenvalue weighted by molar-refractivity contribution is 0.883. The van der Waals surface area contributed by atoms with Crippen molar-refractivity contribution in [2.45, 2.75) is 39.5 Å². The molecule has 1 saturated carbocycles. The topological polar surface area (TPSA) is 82.4 Å². The van der Waals surface area contributed by atoms with Gasteiger partial charge in [0.2, 0.25) is 0 Å². The van der Waals surface area contributed by atoms with Crippen LogP contribution in [0.4, 0.5) is 0 Å². The molecule has 5 nitrogen and oxygen atoms in total. The van der Waals surface area contributed by atoms with Crippen molar-refractivity contribution in [3.63, 3.8) is 0 Å². The van der Waals surface area contributed by atoms with E-state index in [4.69, 9.17) is 16.9 Å². The van der Waals surface area contributed by atoms with Crippen LogP contribution in [0.2, 0.25) is 5.15 Å². The monoisotopic (exact) mass is 292 g/mol. The molecule has 2 aromatic rings. The van der Waals surface area contributed by atoms with Crippen LogP contribution >= 0.6 is 11.6 Å². The fraction of sp³-hybridized carbons (Fsp3) is 0.429. The first-order valence-electron chi connectivity index (χ1n) is 6.11. The molecule has 3 rings (SSSR count). The number of rotatable bonds is 1. The summed E-state index contributed by atoms with van der Waals surface area (Å²) in [5, 5.41) is 9.96. The molecule has 0 radical (unpaired) electrons. The van der Waals surface area contributed by atoms with E-state index in [9.17, 15) is 4.79 Å². The number of H-pyrrole nitrogens is 1. The van der Waals surface area contributed by atoms with E-state index in [1.165, 1.54) is 6.33 Å². The Bertz CT molecular complexity index is 713. The lowest BCUT2D eigenvalue weighted by Gasteiger charge is -2.06. The Morgan fingerprint density at radius 1 is 1.40 bits per heavy atom. The first-order chi connectivity index (χ1) is 9.16. The van der Waals surface area contributed by atoms with Gasteiger partial charge in [-0.2, -0.15) is 5.26 Å². The van der Waals surface area contributed by atoms with Gasteiger partial charge in [-0.05, 0) is 18.9 Å². The van der Waals surface area contributed by atoms with Crippen LogP contribution in [0, 0.1) is 11.3 Å². The quantitative estimate of drug-likeness (QED) is 0.818. The maximum absolute atomic E-state index is 11.9. The average molecular weight is 293 g/mol. The molecular formula is C14H17ClN4O. The van der Waals surface area contributed by atoms with E-state index in [0.717, 1.165) is 0 Å². The Kier molecular flexibility index (Phi) is 4.85. The second-order valence-corrected chi connectivity index (χ2v) is 4.49. The van der Waals surface area contributed by atoms with E-state index in [-0.39, 0.29) is 18.1 Å². The van der Waals surface area contributed by atoms with Crippen LogP contribution in [-0.2, 0) is 5.41 Å². The van der Waals surface area contributed by atoms with Crippen molar-refractivity contribution in [2.75, 3.05) is 0 Å². The molecule has 0 amide bonds. The summed E-state index contributed by atoms with van der Waals surface area (Å²) in [7, 11) is 0. The van der Waals surface area contributed by atoms with Crippen molar-refractivity contribution >= 4 is 22.6 Å². The van der Waals surface area contributed by atoms with Gasteiger partial charge in [0.1, 0.15) is 17.1 Å². The van der Waals surface area contributed by atoms with Crippen molar-refractivity contribution in [1.82, 2.24) is 15.0 Å². The van der Waals surface area contributed by atoms with Crippen LogP contribution in [0.3, 0.4) is 0 Å². The highest BCUT2D eigenvalue weighted by atomic mass is 35.5. The summed E-state index contributed by atoms with van der Waals surface area (Å²) in [6.07, 6.45) is 2.71. The second-order valence-electron chi connectivity index (χ2n) is 4.13. The Balaban J connectivity index is 0.000000639. The van der Waals surface area contributed by atoms with Crippen LogP contribution in [0.5, 0.6) is 0 Å². The first-order valence-corrected chi connectivity index (χ1v) is 6.49. The molecule has 20 heavy (non-hydrogen) atoms. The van der Waals surface area contributed by atoms with Crippen molar-refractivity contribution in [1.29, 1.82) is 5.26 Å². The summed E-state index contributed by atoms with van der Waals surface area (Å²) in [4.78, 5) is 22.3. The van der Waals surface area contributed by atoms with Gasteiger partial charge in [-0.15, -0.1) is 0 Å². The molecule has 1 aliphatic carbocycles.